The van der Waals surface area contributed by atoms with Gasteiger partial charge in [-0.1, -0.05) is 24.3 Å². The maximum Gasteiger partial charge on any atom is 0.0940 e. The average Bonchev–Trinajstić information content (AvgIpc) is 2.62. The van der Waals surface area contributed by atoms with Crippen molar-refractivity contribution in [3.63, 3.8) is 0 Å². The molecule has 1 heterocycles. The molecule has 0 fully saturated rings. The molecule has 3 nitrogen and oxygen atoms in total. The van der Waals surface area contributed by atoms with Gasteiger partial charge in [0.1, 0.15) is 0 Å². The van der Waals surface area contributed by atoms with Gasteiger partial charge in [-0.2, -0.15) is 0 Å². The second-order valence-electron chi connectivity index (χ2n) is 5.65. The summed E-state index contributed by atoms with van der Waals surface area (Å²) in [5.41, 5.74) is 9.12. The van der Waals surface area contributed by atoms with Crippen LogP contribution in [-0.4, -0.2) is 10.1 Å². The number of nitrogen functional groups attached to an aromatic ring is 1. The van der Waals surface area contributed by atoms with Gasteiger partial charge in [-0.15, -0.1) is 0 Å². The van der Waals surface area contributed by atoms with Crippen molar-refractivity contribution in [2.24, 2.45) is 0 Å². The molecule has 0 radical (unpaired) electrons. The third-order valence-electron chi connectivity index (χ3n) is 4.23. The molecule has 1 aliphatic rings. The number of hydrogen-bond donors (Lipinski definition) is 2. The van der Waals surface area contributed by atoms with Gasteiger partial charge < -0.3 is 10.8 Å². The van der Waals surface area contributed by atoms with E-state index >= 15 is 0 Å². The summed E-state index contributed by atoms with van der Waals surface area (Å²) in [4.78, 5) is 4.13. The summed E-state index contributed by atoms with van der Waals surface area (Å²) in [6.45, 7) is 0. The third-order valence-corrected chi connectivity index (χ3v) is 4.23. The van der Waals surface area contributed by atoms with Crippen LogP contribution in [0.1, 0.15) is 36.0 Å². The first-order valence-electron chi connectivity index (χ1n) is 7.18. The second kappa shape index (κ2) is 5.25. The predicted octanol–water partition coefficient (Wildman–Crippen LogP) is 2.82. The van der Waals surface area contributed by atoms with Crippen molar-refractivity contribution >= 4 is 5.69 Å². The predicted molar refractivity (Wildman–Crippen MR) is 80.2 cm³/mol. The zero-order valence-electron chi connectivity index (χ0n) is 11.5. The molecule has 1 unspecified atom stereocenters. The molecular formula is C17H20N2O. The van der Waals surface area contributed by atoms with Gasteiger partial charge in [0.05, 0.1) is 5.60 Å². The molecule has 20 heavy (non-hydrogen) atoms. The largest absolute Gasteiger partial charge is 0.398 e. The summed E-state index contributed by atoms with van der Waals surface area (Å²) in [5.74, 6) is 0. The van der Waals surface area contributed by atoms with Crippen molar-refractivity contribution in [3.05, 3.63) is 59.4 Å². The normalized spacial score (nSPS) is 22.1. The highest BCUT2D eigenvalue weighted by atomic mass is 16.3. The summed E-state index contributed by atoms with van der Waals surface area (Å²) in [5, 5.41) is 11.2. The van der Waals surface area contributed by atoms with Crippen LogP contribution in [0.3, 0.4) is 0 Å². The minimum Gasteiger partial charge on any atom is -0.398 e. The van der Waals surface area contributed by atoms with Gasteiger partial charge in [-0.05, 0) is 48.4 Å². The highest BCUT2D eigenvalue weighted by molar-refractivity contribution is 5.46. The Hall–Kier alpha value is -1.87. The van der Waals surface area contributed by atoms with Crippen molar-refractivity contribution in [1.29, 1.82) is 0 Å². The lowest BCUT2D eigenvalue weighted by atomic mass is 9.83. The van der Waals surface area contributed by atoms with Crippen molar-refractivity contribution < 1.29 is 5.11 Å². The van der Waals surface area contributed by atoms with E-state index in [1.54, 1.807) is 18.5 Å². The molecule has 0 spiro atoms. The minimum absolute atomic E-state index is 0.531. The second-order valence-corrected chi connectivity index (χ2v) is 5.65. The topological polar surface area (TPSA) is 59.1 Å². The van der Waals surface area contributed by atoms with E-state index in [1.165, 1.54) is 5.56 Å². The number of fused-ring (bicyclic) bond motifs is 1. The van der Waals surface area contributed by atoms with Gasteiger partial charge in [-0.25, -0.2) is 0 Å². The molecule has 0 saturated heterocycles. The Balaban J connectivity index is 2.01. The fourth-order valence-electron chi connectivity index (χ4n) is 3.14. The number of anilines is 1. The summed E-state index contributed by atoms with van der Waals surface area (Å²) in [6.07, 6.45) is 7.96. The van der Waals surface area contributed by atoms with Crippen LogP contribution in [0.2, 0.25) is 0 Å². The van der Waals surface area contributed by atoms with E-state index in [2.05, 4.69) is 11.1 Å². The Morgan fingerprint density at radius 2 is 2.05 bits per heavy atom. The zero-order chi connectivity index (χ0) is 14.0. The molecule has 0 bridgehead atoms. The molecule has 0 amide bonds. The molecule has 0 saturated carbocycles. The quantitative estimate of drug-likeness (QED) is 0.823. The number of aliphatic hydroxyl groups is 1. The molecule has 104 valence electrons. The zero-order valence-corrected chi connectivity index (χ0v) is 11.5. The molecule has 1 aromatic carbocycles. The maximum atomic E-state index is 11.2. The summed E-state index contributed by atoms with van der Waals surface area (Å²) in [6, 6.07) is 10.0. The molecular weight excluding hydrogens is 248 g/mol. The van der Waals surface area contributed by atoms with Crippen LogP contribution >= 0.6 is 0 Å². The monoisotopic (exact) mass is 268 g/mol. The first-order chi connectivity index (χ1) is 9.69. The number of hydrogen-bond acceptors (Lipinski definition) is 3. The van der Waals surface area contributed by atoms with E-state index in [4.69, 9.17) is 5.73 Å². The van der Waals surface area contributed by atoms with Crippen LogP contribution in [0.15, 0.2) is 42.7 Å². The van der Waals surface area contributed by atoms with Gasteiger partial charge in [0.25, 0.3) is 0 Å². The van der Waals surface area contributed by atoms with Gasteiger partial charge in [0.15, 0.2) is 0 Å². The number of benzene rings is 1. The van der Waals surface area contributed by atoms with Crippen LogP contribution in [0.4, 0.5) is 5.69 Å². The van der Waals surface area contributed by atoms with E-state index < -0.39 is 5.60 Å². The lowest BCUT2D eigenvalue weighted by molar-refractivity contribution is 0.0273. The molecule has 3 rings (SSSR count). The Morgan fingerprint density at radius 1 is 1.20 bits per heavy atom. The van der Waals surface area contributed by atoms with Crippen LogP contribution in [0.25, 0.3) is 0 Å². The van der Waals surface area contributed by atoms with Gasteiger partial charge in [-0.3, -0.25) is 4.98 Å². The Labute approximate surface area is 119 Å². The summed E-state index contributed by atoms with van der Waals surface area (Å²) >= 11 is 0. The fraction of sp³-hybridized carbons (Fsp3) is 0.353. The highest BCUT2D eigenvalue weighted by Crippen LogP contribution is 2.37. The smallest absolute Gasteiger partial charge is 0.0940 e. The molecule has 1 aliphatic carbocycles. The fourth-order valence-corrected chi connectivity index (χ4v) is 3.14. The van der Waals surface area contributed by atoms with Crippen LogP contribution < -0.4 is 5.73 Å². The lowest BCUT2D eigenvalue weighted by Gasteiger charge is -2.29. The molecule has 3 N–H and O–H groups in total. The number of nitrogens with two attached hydrogens (primary N) is 1. The minimum atomic E-state index is -0.829. The van der Waals surface area contributed by atoms with E-state index in [-0.39, 0.29) is 0 Å². The van der Waals surface area contributed by atoms with E-state index in [9.17, 15) is 5.11 Å². The van der Waals surface area contributed by atoms with Crippen molar-refractivity contribution in [2.45, 2.75) is 37.7 Å². The van der Waals surface area contributed by atoms with Gasteiger partial charge >= 0.3 is 0 Å². The number of nitrogens with zero attached hydrogens (tertiary/aromatic N) is 1. The number of pyridine rings is 1. The SMILES string of the molecule is Nc1ccncc1CC1(O)CCCCc2ccccc21. The maximum absolute atomic E-state index is 11.2. The van der Waals surface area contributed by atoms with Crippen LogP contribution in [0, 0.1) is 0 Å². The Bertz CT molecular complexity index is 611. The van der Waals surface area contributed by atoms with Gasteiger partial charge in [0, 0.05) is 24.5 Å². The van der Waals surface area contributed by atoms with Crippen molar-refractivity contribution in [1.82, 2.24) is 4.98 Å². The van der Waals surface area contributed by atoms with Crippen LogP contribution in [-0.2, 0) is 18.4 Å². The first-order valence-corrected chi connectivity index (χ1v) is 7.18. The summed E-state index contributed by atoms with van der Waals surface area (Å²) < 4.78 is 0. The van der Waals surface area contributed by atoms with Crippen molar-refractivity contribution in [2.75, 3.05) is 5.73 Å². The van der Waals surface area contributed by atoms with E-state index in [0.717, 1.165) is 36.8 Å². The molecule has 0 aliphatic heterocycles. The number of rotatable bonds is 2. The lowest BCUT2D eigenvalue weighted by Crippen LogP contribution is -2.29. The molecule has 1 aromatic heterocycles. The number of aryl methyl sites for hydroxylation is 1. The summed E-state index contributed by atoms with van der Waals surface area (Å²) in [7, 11) is 0. The third kappa shape index (κ3) is 2.41. The average molecular weight is 268 g/mol. The van der Waals surface area contributed by atoms with Crippen LogP contribution in [0.5, 0.6) is 0 Å². The standard InChI is InChI=1S/C17H20N2O/c18-16-8-10-19-12-14(16)11-17(20)9-4-3-6-13-5-1-2-7-15(13)17/h1-2,5,7-8,10,12,20H,3-4,6,9,11H2,(H2,18,19). The van der Waals surface area contributed by atoms with Crippen molar-refractivity contribution in [3.8, 4) is 0 Å². The molecule has 3 heteroatoms. The molecule has 1 atom stereocenters. The Kier molecular flexibility index (Phi) is 3.45. The van der Waals surface area contributed by atoms with Gasteiger partial charge in [0.2, 0.25) is 0 Å². The van der Waals surface area contributed by atoms with E-state index in [1.807, 2.05) is 18.2 Å². The number of aromatic nitrogens is 1. The highest BCUT2D eigenvalue weighted by Gasteiger charge is 2.33. The first kappa shape index (κ1) is 13.1. The Morgan fingerprint density at radius 3 is 2.90 bits per heavy atom. The van der Waals surface area contributed by atoms with E-state index in [0.29, 0.717) is 12.1 Å². The molecule has 2 aromatic rings.